The lowest BCUT2D eigenvalue weighted by Crippen LogP contribution is -2.31. The van der Waals surface area contributed by atoms with E-state index in [-0.39, 0.29) is 11.7 Å². The van der Waals surface area contributed by atoms with Gasteiger partial charge in [0.05, 0.1) is 6.61 Å². The summed E-state index contributed by atoms with van der Waals surface area (Å²) >= 11 is 0. The molecule has 0 saturated heterocycles. The maximum Gasteiger partial charge on any atom is 0.254 e. The molecule has 134 valence electrons. The topological polar surface area (TPSA) is 34.5 Å². The Bertz CT molecular complexity index is 964. The van der Waals surface area contributed by atoms with Crippen LogP contribution in [-0.4, -0.2) is 35.6 Å². The fourth-order valence-electron chi connectivity index (χ4n) is 3.73. The van der Waals surface area contributed by atoms with Crippen molar-refractivity contribution in [3.63, 3.8) is 0 Å². The van der Waals surface area contributed by atoms with E-state index < -0.39 is 0 Å². The number of ether oxygens (including phenoxy) is 1. The van der Waals surface area contributed by atoms with Crippen LogP contribution in [0.1, 0.15) is 21.5 Å². The first-order chi connectivity index (χ1) is 12.7. The van der Waals surface area contributed by atoms with E-state index in [2.05, 4.69) is 22.9 Å². The number of hydrogen-bond donors (Lipinski definition) is 0. The van der Waals surface area contributed by atoms with Gasteiger partial charge in [-0.25, -0.2) is 4.39 Å². The third-order valence-corrected chi connectivity index (χ3v) is 4.98. The second-order valence-electron chi connectivity index (χ2n) is 6.64. The van der Waals surface area contributed by atoms with Crippen molar-refractivity contribution < 1.29 is 13.9 Å². The van der Waals surface area contributed by atoms with Gasteiger partial charge in [0.25, 0.3) is 5.91 Å². The molecule has 0 aliphatic carbocycles. The van der Waals surface area contributed by atoms with Crippen LogP contribution in [-0.2, 0) is 24.2 Å². The molecule has 2 heterocycles. The summed E-state index contributed by atoms with van der Waals surface area (Å²) in [4.78, 5) is 14.7. The van der Waals surface area contributed by atoms with E-state index in [4.69, 9.17) is 4.74 Å². The molecule has 0 unspecified atom stereocenters. The van der Waals surface area contributed by atoms with Crippen LogP contribution in [0.15, 0.2) is 48.7 Å². The molecule has 0 atom stereocenters. The minimum Gasteiger partial charge on any atom is -0.383 e. The van der Waals surface area contributed by atoms with Gasteiger partial charge in [0.15, 0.2) is 0 Å². The normalized spacial score (nSPS) is 13.8. The fraction of sp³-hybridized carbons (Fsp3) is 0.286. The maximum absolute atomic E-state index is 13.5. The van der Waals surface area contributed by atoms with E-state index in [9.17, 15) is 9.18 Å². The molecule has 3 aromatic rings. The Morgan fingerprint density at radius 1 is 1.19 bits per heavy atom. The largest absolute Gasteiger partial charge is 0.383 e. The van der Waals surface area contributed by atoms with E-state index in [1.165, 1.54) is 28.6 Å². The summed E-state index contributed by atoms with van der Waals surface area (Å²) in [6.45, 7) is 2.63. The Morgan fingerprint density at radius 2 is 2.04 bits per heavy atom. The standard InChI is InChI=1S/C21H21FN2O2/c1-26-11-10-23-13-17-8-9-24(14-16-5-3-7-19(23)20(16)17)21(25)15-4-2-6-18(22)12-15/h2-7,12-13H,8-11,14H2,1H3. The molecule has 1 amide bonds. The summed E-state index contributed by atoms with van der Waals surface area (Å²) in [5.41, 5.74) is 3.96. The molecule has 5 heteroatoms. The molecule has 0 saturated carbocycles. The zero-order chi connectivity index (χ0) is 18.1. The lowest BCUT2D eigenvalue weighted by Gasteiger charge is -2.21. The number of benzene rings is 2. The van der Waals surface area contributed by atoms with Crippen LogP contribution in [0.5, 0.6) is 0 Å². The van der Waals surface area contributed by atoms with Crippen LogP contribution in [0.3, 0.4) is 0 Å². The van der Waals surface area contributed by atoms with Crippen LogP contribution in [0, 0.1) is 5.82 Å². The molecule has 26 heavy (non-hydrogen) atoms. The molecule has 1 aromatic heterocycles. The molecular formula is C21H21FN2O2. The summed E-state index contributed by atoms with van der Waals surface area (Å²) in [6, 6.07) is 12.1. The average molecular weight is 352 g/mol. The molecule has 0 N–H and O–H groups in total. The zero-order valence-corrected chi connectivity index (χ0v) is 14.7. The van der Waals surface area contributed by atoms with Crippen LogP contribution < -0.4 is 0 Å². The summed E-state index contributed by atoms with van der Waals surface area (Å²) in [5.74, 6) is -0.511. The molecule has 0 bridgehead atoms. The summed E-state index contributed by atoms with van der Waals surface area (Å²) in [6.07, 6.45) is 2.96. The summed E-state index contributed by atoms with van der Waals surface area (Å²) in [5, 5.41) is 1.23. The van der Waals surface area contributed by atoms with Crippen LogP contribution in [0.4, 0.5) is 4.39 Å². The van der Waals surface area contributed by atoms with Crippen molar-refractivity contribution in [2.75, 3.05) is 20.3 Å². The molecule has 4 rings (SSSR count). The van der Waals surface area contributed by atoms with E-state index in [0.29, 0.717) is 25.3 Å². The first kappa shape index (κ1) is 16.8. The molecular weight excluding hydrogens is 331 g/mol. The van der Waals surface area contributed by atoms with E-state index in [0.717, 1.165) is 18.5 Å². The quantitative estimate of drug-likeness (QED) is 0.719. The van der Waals surface area contributed by atoms with Crippen molar-refractivity contribution in [2.45, 2.75) is 19.5 Å². The van der Waals surface area contributed by atoms with Crippen molar-refractivity contribution in [1.29, 1.82) is 0 Å². The molecule has 0 fully saturated rings. The van der Waals surface area contributed by atoms with Crippen LogP contribution >= 0.6 is 0 Å². The van der Waals surface area contributed by atoms with Crippen molar-refractivity contribution >= 4 is 16.8 Å². The molecule has 0 radical (unpaired) electrons. The van der Waals surface area contributed by atoms with E-state index >= 15 is 0 Å². The summed E-state index contributed by atoms with van der Waals surface area (Å²) in [7, 11) is 1.71. The predicted octanol–water partition coefficient (Wildman–Crippen LogP) is 3.63. The van der Waals surface area contributed by atoms with Gasteiger partial charge >= 0.3 is 0 Å². The van der Waals surface area contributed by atoms with Gasteiger partial charge in [0.2, 0.25) is 0 Å². The molecule has 1 aliphatic rings. The first-order valence-corrected chi connectivity index (χ1v) is 8.81. The van der Waals surface area contributed by atoms with Gasteiger partial charge in [-0.2, -0.15) is 0 Å². The number of rotatable bonds is 4. The number of nitrogens with zero attached hydrogens (tertiary/aromatic N) is 2. The highest BCUT2D eigenvalue weighted by Crippen LogP contribution is 2.30. The van der Waals surface area contributed by atoms with Crippen molar-refractivity contribution in [1.82, 2.24) is 9.47 Å². The zero-order valence-electron chi connectivity index (χ0n) is 14.7. The third-order valence-electron chi connectivity index (χ3n) is 4.98. The number of methoxy groups -OCH3 is 1. The fourth-order valence-corrected chi connectivity index (χ4v) is 3.73. The number of amides is 1. The minimum atomic E-state index is -0.385. The monoisotopic (exact) mass is 352 g/mol. The Balaban J connectivity index is 1.67. The molecule has 4 nitrogen and oxygen atoms in total. The Labute approximate surface area is 151 Å². The second-order valence-corrected chi connectivity index (χ2v) is 6.64. The highest BCUT2D eigenvalue weighted by molar-refractivity contribution is 5.95. The lowest BCUT2D eigenvalue weighted by molar-refractivity contribution is 0.0747. The van der Waals surface area contributed by atoms with Gasteiger partial charge in [-0.05, 0) is 41.8 Å². The summed E-state index contributed by atoms with van der Waals surface area (Å²) < 4.78 is 20.9. The second kappa shape index (κ2) is 6.92. The number of halogens is 1. The maximum atomic E-state index is 13.5. The third kappa shape index (κ3) is 2.99. The number of carbonyl (C=O) groups is 1. The molecule has 2 aromatic carbocycles. The van der Waals surface area contributed by atoms with Gasteiger partial charge < -0.3 is 14.2 Å². The van der Waals surface area contributed by atoms with Crippen molar-refractivity contribution in [3.8, 4) is 0 Å². The van der Waals surface area contributed by atoms with Gasteiger partial charge in [-0.1, -0.05) is 18.2 Å². The Kier molecular flexibility index (Phi) is 4.47. The van der Waals surface area contributed by atoms with Crippen LogP contribution in [0.2, 0.25) is 0 Å². The van der Waals surface area contributed by atoms with Gasteiger partial charge in [-0.3, -0.25) is 4.79 Å². The van der Waals surface area contributed by atoms with Gasteiger partial charge in [0.1, 0.15) is 5.82 Å². The van der Waals surface area contributed by atoms with Crippen molar-refractivity contribution in [3.05, 3.63) is 71.2 Å². The highest BCUT2D eigenvalue weighted by atomic mass is 19.1. The molecule has 1 aliphatic heterocycles. The van der Waals surface area contributed by atoms with Gasteiger partial charge in [0, 0.05) is 49.4 Å². The van der Waals surface area contributed by atoms with Gasteiger partial charge in [-0.15, -0.1) is 0 Å². The number of carbonyl (C=O) groups excluding carboxylic acids is 1. The molecule has 0 spiro atoms. The van der Waals surface area contributed by atoms with Crippen molar-refractivity contribution in [2.24, 2.45) is 0 Å². The van der Waals surface area contributed by atoms with E-state index in [1.54, 1.807) is 19.2 Å². The Hall–Kier alpha value is -2.66. The smallest absolute Gasteiger partial charge is 0.254 e. The minimum absolute atomic E-state index is 0.126. The number of hydrogen-bond acceptors (Lipinski definition) is 2. The van der Waals surface area contributed by atoms with E-state index in [1.807, 2.05) is 11.0 Å². The number of aromatic nitrogens is 1. The average Bonchev–Trinajstić information content (AvgIpc) is 2.90. The van der Waals surface area contributed by atoms with Crippen LogP contribution in [0.25, 0.3) is 10.9 Å². The lowest BCUT2D eigenvalue weighted by atomic mass is 10.1. The first-order valence-electron chi connectivity index (χ1n) is 8.81. The Morgan fingerprint density at radius 3 is 2.85 bits per heavy atom. The highest BCUT2D eigenvalue weighted by Gasteiger charge is 2.23. The SMILES string of the molecule is COCCn1cc2c3c(cccc31)CN(C(=O)c1cccc(F)c1)CC2. The predicted molar refractivity (Wildman–Crippen MR) is 98.7 cm³/mol.